The topological polar surface area (TPSA) is 0 Å². The molecule has 0 aromatic rings. The van der Waals surface area contributed by atoms with E-state index in [-0.39, 0.29) is 0 Å². The van der Waals surface area contributed by atoms with Crippen molar-refractivity contribution in [2.24, 2.45) is 0 Å². The summed E-state index contributed by atoms with van der Waals surface area (Å²) in [6, 6.07) is 0. The molecule has 0 fully saturated rings. The predicted octanol–water partition coefficient (Wildman–Crippen LogP) is 4.21. The second-order valence-corrected chi connectivity index (χ2v) is 4.00. The Hall–Kier alpha value is -2.96. The minimum atomic E-state index is 0.949. The van der Waals surface area contributed by atoms with E-state index in [4.69, 9.17) is 0 Å². The smallest absolute Gasteiger partial charge is 0.0255 e. The number of hydrogen-bond acceptors (Lipinski definition) is 0. The third-order valence-electron chi connectivity index (χ3n) is 2.47. The highest BCUT2D eigenvalue weighted by Gasteiger charge is 1.85. The number of rotatable bonds is 0. The van der Waals surface area contributed by atoms with Crippen LogP contribution in [0.2, 0.25) is 0 Å². The van der Waals surface area contributed by atoms with Crippen LogP contribution in [0.15, 0.2) is 96.2 Å². The molecule has 0 heterocycles. The van der Waals surface area contributed by atoms with Crippen LogP contribution in [0.1, 0.15) is 0 Å². The maximum Gasteiger partial charge on any atom is 0.0255 e. The van der Waals surface area contributed by atoms with Gasteiger partial charge in [-0.3, -0.25) is 0 Å². The lowest BCUT2D eigenvalue weighted by molar-refractivity contribution is 1.70. The van der Waals surface area contributed by atoms with Crippen LogP contribution in [0.4, 0.5) is 0 Å². The highest BCUT2D eigenvalue weighted by atomic mass is 13.9. The molecule has 0 N–H and O–H groups in total. The Morgan fingerprint density at radius 1 is 0.450 bits per heavy atom. The summed E-state index contributed by atoms with van der Waals surface area (Å²) in [7, 11) is 0. The standard InChI is InChI=1S/C20H14/c1-3-7-13-19(14-8-4-1)17-11-12-18-20-15-9-5-2-6-10-16-20/h1-10,13-16H/b3-1-,4-1?,5-2-,6-2?,7-3?,8-4-,9-5?,10-6-,13-7-,14-8?,15-9-,16-10?,19-13?,19-14+,20-15?,20-16+. The summed E-state index contributed by atoms with van der Waals surface area (Å²) >= 11 is 0. The first-order valence-electron chi connectivity index (χ1n) is 6.40. The van der Waals surface area contributed by atoms with Crippen LogP contribution < -0.4 is 0 Å². The van der Waals surface area contributed by atoms with E-state index in [2.05, 4.69) is 23.7 Å². The summed E-state index contributed by atoms with van der Waals surface area (Å²) in [4.78, 5) is 0. The molecule has 20 heavy (non-hydrogen) atoms. The summed E-state index contributed by atoms with van der Waals surface area (Å²) in [5.74, 6) is 11.8. The summed E-state index contributed by atoms with van der Waals surface area (Å²) < 4.78 is 0. The van der Waals surface area contributed by atoms with Crippen molar-refractivity contribution >= 4 is 0 Å². The lowest BCUT2D eigenvalue weighted by Crippen LogP contribution is -1.74. The fraction of sp³-hybridized carbons (Fsp3) is 0. The van der Waals surface area contributed by atoms with Crippen LogP contribution in [0.5, 0.6) is 0 Å². The summed E-state index contributed by atoms with van der Waals surface area (Å²) in [5.41, 5.74) is 1.90. The molecule has 0 atom stereocenters. The lowest BCUT2D eigenvalue weighted by Gasteiger charge is -1.89. The van der Waals surface area contributed by atoms with Crippen molar-refractivity contribution in [1.29, 1.82) is 0 Å². The SMILES string of the molecule is C(C#CC1=C/C=C\C=C/C=C\1)#CC1=C/C=C\C=C/C=C\1. The molecule has 0 saturated carbocycles. The Labute approximate surface area is 120 Å². The third-order valence-corrected chi connectivity index (χ3v) is 2.47. The van der Waals surface area contributed by atoms with E-state index in [1.165, 1.54) is 0 Å². The Balaban J connectivity index is 2.06. The second kappa shape index (κ2) is 8.20. The van der Waals surface area contributed by atoms with E-state index < -0.39 is 0 Å². The lowest BCUT2D eigenvalue weighted by atomic mass is 10.2. The van der Waals surface area contributed by atoms with Gasteiger partial charge in [-0.1, -0.05) is 72.6 Å². The predicted molar refractivity (Wildman–Crippen MR) is 86.6 cm³/mol. The van der Waals surface area contributed by atoms with Crippen LogP contribution in [0.25, 0.3) is 0 Å². The molecule has 0 saturated heterocycles. The Bertz CT molecular complexity index is 639. The first-order chi connectivity index (χ1) is 9.95. The zero-order valence-corrected chi connectivity index (χ0v) is 11.1. The van der Waals surface area contributed by atoms with Crippen molar-refractivity contribution in [2.75, 3.05) is 0 Å². The largest absolute Gasteiger partial charge is 0.0623 e. The van der Waals surface area contributed by atoms with Crippen molar-refractivity contribution in [3.05, 3.63) is 96.2 Å². The quantitative estimate of drug-likeness (QED) is 0.568. The zero-order valence-electron chi connectivity index (χ0n) is 11.1. The van der Waals surface area contributed by atoms with E-state index in [0.29, 0.717) is 0 Å². The molecule has 0 aromatic carbocycles. The second-order valence-electron chi connectivity index (χ2n) is 4.00. The molecule has 94 valence electrons. The molecule has 2 aliphatic carbocycles. The molecule has 0 bridgehead atoms. The molecule has 0 amide bonds. The van der Waals surface area contributed by atoms with Crippen LogP contribution in [-0.4, -0.2) is 0 Å². The Morgan fingerprint density at radius 2 is 0.850 bits per heavy atom. The van der Waals surface area contributed by atoms with Crippen LogP contribution in [0, 0.1) is 23.7 Å². The molecular formula is C20H14. The molecule has 0 heteroatoms. The van der Waals surface area contributed by atoms with Gasteiger partial charge in [0.25, 0.3) is 0 Å². The van der Waals surface area contributed by atoms with E-state index in [1.54, 1.807) is 0 Å². The highest BCUT2D eigenvalue weighted by Crippen LogP contribution is 2.00. The first-order valence-corrected chi connectivity index (χ1v) is 6.40. The molecule has 0 spiro atoms. The average molecular weight is 254 g/mol. The van der Waals surface area contributed by atoms with Gasteiger partial charge in [-0.2, -0.15) is 0 Å². The normalized spacial score (nSPS) is 30.4. The average Bonchev–Trinajstić information content (AvgIpc) is 2.38. The molecule has 2 rings (SSSR count). The van der Waals surface area contributed by atoms with Gasteiger partial charge in [0.05, 0.1) is 0 Å². The van der Waals surface area contributed by atoms with Gasteiger partial charge in [0.15, 0.2) is 0 Å². The third kappa shape index (κ3) is 5.13. The molecule has 2 aliphatic rings. The summed E-state index contributed by atoms with van der Waals surface area (Å²) in [5, 5.41) is 0. The summed E-state index contributed by atoms with van der Waals surface area (Å²) in [6.45, 7) is 0. The van der Waals surface area contributed by atoms with E-state index in [1.807, 2.05) is 85.1 Å². The van der Waals surface area contributed by atoms with Gasteiger partial charge in [0.2, 0.25) is 0 Å². The van der Waals surface area contributed by atoms with Gasteiger partial charge in [-0.05, 0) is 36.1 Å². The molecule has 0 aromatic heterocycles. The van der Waals surface area contributed by atoms with Crippen LogP contribution in [-0.2, 0) is 0 Å². The fourth-order valence-electron chi connectivity index (χ4n) is 1.51. The number of allylic oxidation sites excluding steroid dienone is 16. The van der Waals surface area contributed by atoms with Gasteiger partial charge in [0.1, 0.15) is 0 Å². The minimum absolute atomic E-state index is 0.949. The fourth-order valence-corrected chi connectivity index (χ4v) is 1.51. The van der Waals surface area contributed by atoms with Gasteiger partial charge >= 0.3 is 0 Å². The maximum absolute atomic E-state index is 3.04. The highest BCUT2D eigenvalue weighted by molar-refractivity contribution is 5.50. The van der Waals surface area contributed by atoms with Gasteiger partial charge in [-0.25, -0.2) is 0 Å². The molecule has 0 unspecified atom stereocenters. The monoisotopic (exact) mass is 254 g/mol. The van der Waals surface area contributed by atoms with Crippen molar-refractivity contribution in [3.63, 3.8) is 0 Å². The van der Waals surface area contributed by atoms with Gasteiger partial charge in [0, 0.05) is 11.1 Å². The molecule has 0 radical (unpaired) electrons. The maximum atomic E-state index is 3.04. The molecule has 0 aliphatic heterocycles. The molecular weight excluding hydrogens is 240 g/mol. The van der Waals surface area contributed by atoms with E-state index in [9.17, 15) is 0 Å². The number of hydrogen-bond donors (Lipinski definition) is 0. The van der Waals surface area contributed by atoms with Crippen LogP contribution in [0.3, 0.4) is 0 Å². The molecule has 0 nitrogen and oxygen atoms in total. The van der Waals surface area contributed by atoms with Crippen molar-refractivity contribution < 1.29 is 0 Å². The van der Waals surface area contributed by atoms with Gasteiger partial charge < -0.3 is 0 Å². The summed E-state index contributed by atoms with van der Waals surface area (Å²) in [6.07, 6.45) is 27.6. The Kier molecular flexibility index (Phi) is 5.52. The van der Waals surface area contributed by atoms with E-state index >= 15 is 0 Å². The van der Waals surface area contributed by atoms with Crippen molar-refractivity contribution in [1.82, 2.24) is 0 Å². The van der Waals surface area contributed by atoms with Crippen molar-refractivity contribution in [3.8, 4) is 23.7 Å². The van der Waals surface area contributed by atoms with Crippen molar-refractivity contribution in [2.45, 2.75) is 0 Å². The van der Waals surface area contributed by atoms with E-state index in [0.717, 1.165) is 11.1 Å². The zero-order chi connectivity index (χ0) is 13.9. The first kappa shape index (κ1) is 13.5. The minimum Gasteiger partial charge on any atom is -0.0623 e. The van der Waals surface area contributed by atoms with Crippen LogP contribution >= 0.6 is 0 Å². The Morgan fingerprint density at radius 3 is 1.35 bits per heavy atom. The van der Waals surface area contributed by atoms with Gasteiger partial charge in [-0.15, -0.1) is 0 Å².